The lowest BCUT2D eigenvalue weighted by molar-refractivity contribution is 0.400. The molecule has 4 nitrogen and oxygen atoms in total. The molecule has 1 aromatic rings. The van der Waals surface area contributed by atoms with Gasteiger partial charge in [-0.15, -0.1) is 10.2 Å². The van der Waals surface area contributed by atoms with Crippen molar-refractivity contribution in [3.63, 3.8) is 0 Å². The Bertz CT molecular complexity index is 325. The molecule has 1 aliphatic heterocycles. The fraction of sp³-hybridized carbons (Fsp3) is 0.636. The molecule has 0 radical (unpaired) electrons. The summed E-state index contributed by atoms with van der Waals surface area (Å²) in [5.41, 5.74) is 0. The molecule has 1 aliphatic rings. The second-order valence-electron chi connectivity index (χ2n) is 4.23. The van der Waals surface area contributed by atoms with E-state index in [4.69, 9.17) is 11.6 Å². The van der Waals surface area contributed by atoms with Crippen molar-refractivity contribution in [2.45, 2.75) is 12.8 Å². The lowest BCUT2D eigenvalue weighted by atomic mass is 9.98. The number of anilines is 1. The molecule has 5 heteroatoms. The van der Waals surface area contributed by atoms with Crippen LogP contribution in [-0.4, -0.2) is 36.9 Å². The van der Waals surface area contributed by atoms with Crippen molar-refractivity contribution < 1.29 is 0 Å². The minimum Gasteiger partial charge on any atom is -0.355 e. The predicted molar refractivity (Wildman–Crippen MR) is 65.9 cm³/mol. The number of hydrogen-bond acceptors (Lipinski definition) is 4. The van der Waals surface area contributed by atoms with Crippen molar-refractivity contribution in [1.82, 2.24) is 15.5 Å². The third-order valence-corrected chi connectivity index (χ3v) is 3.16. The Hall–Kier alpha value is -0.870. The van der Waals surface area contributed by atoms with Gasteiger partial charge in [-0.3, -0.25) is 0 Å². The Balaban J connectivity index is 2.01. The zero-order chi connectivity index (χ0) is 11.4. The van der Waals surface area contributed by atoms with Crippen molar-refractivity contribution in [3.05, 3.63) is 17.3 Å². The molecular weight excluding hydrogens is 224 g/mol. The number of hydrogen-bond donors (Lipinski definition) is 1. The maximum Gasteiger partial charge on any atom is 0.151 e. The van der Waals surface area contributed by atoms with Crippen LogP contribution in [0.1, 0.15) is 12.8 Å². The largest absolute Gasteiger partial charge is 0.355 e. The van der Waals surface area contributed by atoms with Crippen molar-refractivity contribution >= 4 is 17.4 Å². The fourth-order valence-electron chi connectivity index (χ4n) is 2.21. The van der Waals surface area contributed by atoms with E-state index in [0.29, 0.717) is 11.1 Å². The van der Waals surface area contributed by atoms with Crippen LogP contribution in [0.15, 0.2) is 12.1 Å². The highest BCUT2D eigenvalue weighted by molar-refractivity contribution is 6.29. The Labute approximate surface area is 101 Å². The van der Waals surface area contributed by atoms with Crippen LogP contribution in [0.3, 0.4) is 0 Å². The molecule has 2 rings (SSSR count). The normalized spacial score (nSPS) is 21.1. The number of aromatic nitrogens is 2. The van der Waals surface area contributed by atoms with Crippen molar-refractivity contribution in [2.75, 3.05) is 31.6 Å². The second kappa shape index (κ2) is 5.46. The average Bonchev–Trinajstić information content (AvgIpc) is 2.31. The van der Waals surface area contributed by atoms with Gasteiger partial charge in [0.1, 0.15) is 0 Å². The third-order valence-electron chi connectivity index (χ3n) is 2.95. The van der Waals surface area contributed by atoms with Gasteiger partial charge in [0.2, 0.25) is 0 Å². The van der Waals surface area contributed by atoms with Crippen LogP contribution in [-0.2, 0) is 0 Å². The minimum atomic E-state index is 0.451. The van der Waals surface area contributed by atoms with Crippen LogP contribution in [0.25, 0.3) is 0 Å². The van der Waals surface area contributed by atoms with Gasteiger partial charge in [-0.2, -0.15) is 0 Å². The Kier molecular flexibility index (Phi) is 3.96. The van der Waals surface area contributed by atoms with E-state index in [1.807, 2.05) is 13.1 Å². The molecule has 0 spiro atoms. The van der Waals surface area contributed by atoms with Gasteiger partial charge in [-0.25, -0.2) is 0 Å². The Morgan fingerprint density at radius 2 is 2.38 bits per heavy atom. The molecular formula is C11H17ClN4. The maximum absolute atomic E-state index is 5.73. The predicted octanol–water partition coefficient (Wildman–Crippen LogP) is 1.57. The van der Waals surface area contributed by atoms with Crippen LogP contribution < -0.4 is 10.2 Å². The zero-order valence-electron chi connectivity index (χ0n) is 9.49. The molecule has 16 heavy (non-hydrogen) atoms. The second-order valence-corrected chi connectivity index (χ2v) is 4.61. The number of rotatable bonds is 3. The Morgan fingerprint density at radius 3 is 3.06 bits per heavy atom. The summed E-state index contributed by atoms with van der Waals surface area (Å²) in [6.45, 7) is 3.19. The quantitative estimate of drug-likeness (QED) is 0.871. The van der Waals surface area contributed by atoms with Gasteiger partial charge in [-0.05, 0) is 44.5 Å². The summed E-state index contributed by atoms with van der Waals surface area (Å²) in [5, 5.41) is 11.7. The smallest absolute Gasteiger partial charge is 0.151 e. The SMILES string of the molecule is CNCC1CCCN(c2ccc(Cl)nn2)C1. The van der Waals surface area contributed by atoms with Crippen molar-refractivity contribution in [2.24, 2.45) is 5.92 Å². The van der Waals surface area contributed by atoms with Crippen LogP contribution in [0.2, 0.25) is 5.15 Å². The first-order valence-corrected chi connectivity index (χ1v) is 6.06. The van der Waals surface area contributed by atoms with Crippen LogP contribution in [0, 0.1) is 5.92 Å². The average molecular weight is 241 g/mol. The van der Waals surface area contributed by atoms with E-state index < -0.39 is 0 Å². The molecule has 2 heterocycles. The number of nitrogens with one attached hydrogen (secondary N) is 1. The van der Waals surface area contributed by atoms with E-state index in [9.17, 15) is 0 Å². The van der Waals surface area contributed by atoms with Crippen LogP contribution in [0.5, 0.6) is 0 Å². The monoisotopic (exact) mass is 240 g/mol. The molecule has 1 N–H and O–H groups in total. The van der Waals surface area contributed by atoms with E-state index in [0.717, 1.165) is 25.5 Å². The number of halogens is 1. The number of nitrogens with zero attached hydrogens (tertiary/aromatic N) is 3. The lowest BCUT2D eigenvalue weighted by Gasteiger charge is -2.33. The highest BCUT2D eigenvalue weighted by Gasteiger charge is 2.20. The first-order valence-electron chi connectivity index (χ1n) is 5.68. The van der Waals surface area contributed by atoms with Crippen molar-refractivity contribution in [1.29, 1.82) is 0 Å². The molecule has 1 atom stereocenters. The highest BCUT2D eigenvalue weighted by atomic mass is 35.5. The molecule has 0 saturated carbocycles. The van der Waals surface area contributed by atoms with Gasteiger partial charge in [0.25, 0.3) is 0 Å². The number of piperidine rings is 1. The summed E-state index contributed by atoms with van der Waals surface area (Å²) in [5.74, 6) is 1.64. The van der Waals surface area contributed by atoms with E-state index in [1.54, 1.807) is 6.07 Å². The fourth-order valence-corrected chi connectivity index (χ4v) is 2.31. The summed E-state index contributed by atoms with van der Waals surface area (Å²) < 4.78 is 0. The summed E-state index contributed by atoms with van der Waals surface area (Å²) in [6.07, 6.45) is 2.51. The van der Waals surface area contributed by atoms with Gasteiger partial charge in [-0.1, -0.05) is 11.6 Å². The molecule has 0 bridgehead atoms. The van der Waals surface area contributed by atoms with Gasteiger partial charge >= 0.3 is 0 Å². The zero-order valence-corrected chi connectivity index (χ0v) is 10.2. The van der Waals surface area contributed by atoms with Crippen molar-refractivity contribution in [3.8, 4) is 0 Å². The standard InChI is InChI=1S/C11H17ClN4/c1-13-7-9-3-2-6-16(8-9)11-5-4-10(12)14-15-11/h4-5,9,13H,2-3,6-8H2,1H3. The maximum atomic E-state index is 5.73. The van der Waals surface area contributed by atoms with E-state index in [-0.39, 0.29) is 0 Å². The molecule has 1 saturated heterocycles. The first kappa shape index (κ1) is 11.6. The highest BCUT2D eigenvalue weighted by Crippen LogP contribution is 2.21. The summed E-state index contributed by atoms with van der Waals surface area (Å²) in [4.78, 5) is 2.29. The van der Waals surface area contributed by atoms with Gasteiger partial charge in [0.15, 0.2) is 11.0 Å². The van der Waals surface area contributed by atoms with Crippen LogP contribution in [0.4, 0.5) is 5.82 Å². The molecule has 1 unspecified atom stereocenters. The molecule has 1 fully saturated rings. The van der Waals surface area contributed by atoms with E-state index in [1.165, 1.54) is 12.8 Å². The minimum absolute atomic E-state index is 0.451. The topological polar surface area (TPSA) is 41.0 Å². The summed E-state index contributed by atoms with van der Waals surface area (Å²) in [6, 6.07) is 3.74. The lowest BCUT2D eigenvalue weighted by Crippen LogP contribution is -2.39. The van der Waals surface area contributed by atoms with Crippen LogP contribution >= 0.6 is 11.6 Å². The summed E-state index contributed by atoms with van der Waals surface area (Å²) >= 11 is 5.73. The third kappa shape index (κ3) is 2.83. The molecule has 1 aromatic heterocycles. The van der Waals surface area contributed by atoms with E-state index in [2.05, 4.69) is 20.4 Å². The van der Waals surface area contributed by atoms with Gasteiger partial charge < -0.3 is 10.2 Å². The molecule has 88 valence electrons. The molecule has 0 aliphatic carbocycles. The van der Waals surface area contributed by atoms with E-state index >= 15 is 0 Å². The Morgan fingerprint density at radius 1 is 1.50 bits per heavy atom. The first-order chi connectivity index (χ1) is 7.79. The van der Waals surface area contributed by atoms with Gasteiger partial charge in [0, 0.05) is 13.1 Å². The molecule has 0 aromatic carbocycles. The van der Waals surface area contributed by atoms with Gasteiger partial charge in [0.05, 0.1) is 0 Å². The molecule has 0 amide bonds. The summed E-state index contributed by atoms with van der Waals surface area (Å²) in [7, 11) is 2.00.